The molecule has 2 heteroatoms. The Balaban J connectivity index is 1.93. The highest BCUT2D eigenvalue weighted by atomic mass is 19.1. The van der Waals surface area contributed by atoms with Gasteiger partial charge in [-0.1, -0.05) is 38.3 Å². The second kappa shape index (κ2) is 7.04. The number of rotatable bonds is 5. The molecule has 0 radical (unpaired) electrons. The number of halogens is 1. The van der Waals surface area contributed by atoms with Gasteiger partial charge in [-0.25, -0.2) is 4.39 Å². The van der Waals surface area contributed by atoms with Crippen molar-refractivity contribution in [3.8, 4) is 0 Å². The standard InChI is InChI=1S/C17H26FN/c1-3-13-7-9-15(10-8-13)17(19-2)12-14-5-4-6-16(18)11-14/h4-6,11,13,15,17,19H,3,7-10,12H2,1-2H3. The molecule has 19 heavy (non-hydrogen) atoms. The summed E-state index contributed by atoms with van der Waals surface area (Å²) in [5.74, 6) is 1.56. The van der Waals surface area contributed by atoms with Gasteiger partial charge in [-0.2, -0.15) is 0 Å². The maximum atomic E-state index is 13.2. The summed E-state index contributed by atoms with van der Waals surface area (Å²) in [6.07, 6.45) is 7.63. The van der Waals surface area contributed by atoms with Crippen molar-refractivity contribution in [2.75, 3.05) is 7.05 Å². The van der Waals surface area contributed by atoms with Crippen LogP contribution in [-0.4, -0.2) is 13.1 Å². The molecule has 1 aromatic carbocycles. The largest absolute Gasteiger partial charge is 0.316 e. The van der Waals surface area contributed by atoms with E-state index in [2.05, 4.69) is 12.2 Å². The Bertz CT molecular complexity index is 383. The first-order valence-corrected chi connectivity index (χ1v) is 7.64. The smallest absolute Gasteiger partial charge is 0.123 e. The van der Waals surface area contributed by atoms with Crippen LogP contribution in [-0.2, 0) is 6.42 Å². The van der Waals surface area contributed by atoms with Gasteiger partial charge in [-0.3, -0.25) is 0 Å². The van der Waals surface area contributed by atoms with E-state index in [4.69, 9.17) is 0 Å². The highest BCUT2D eigenvalue weighted by Crippen LogP contribution is 2.33. The Morgan fingerprint density at radius 1 is 1.26 bits per heavy atom. The SMILES string of the molecule is CCC1CCC(C(Cc2cccc(F)c2)NC)CC1. The predicted octanol–water partition coefficient (Wildman–Crippen LogP) is 4.17. The van der Waals surface area contributed by atoms with E-state index in [9.17, 15) is 4.39 Å². The summed E-state index contributed by atoms with van der Waals surface area (Å²) in [7, 11) is 2.04. The molecule has 0 heterocycles. The first-order valence-electron chi connectivity index (χ1n) is 7.64. The zero-order chi connectivity index (χ0) is 13.7. The summed E-state index contributed by atoms with van der Waals surface area (Å²) in [4.78, 5) is 0. The highest BCUT2D eigenvalue weighted by molar-refractivity contribution is 5.17. The minimum absolute atomic E-state index is 0.123. The number of hydrogen-bond acceptors (Lipinski definition) is 1. The van der Waals surface area contributed by atoms with Crippen molar-refractivity contribution in [2.45, 2.75) is 51.5 Å². The van der Waals surface area contributed by atoms with Crippen LogP contribution < -0.4 is 5.32 Å². The molecule has 1 nitrogen and oxygen atoms in total. The van der Waals surface area contributed by atoms with Crippen molar-refractivity contribution < 1.29 is 4.39 Å². The van der Waals surface area contributed by atoms with E-state index in [-0.39, 0.29) is 5.82 Å². The van der Waals surface area contributed by atoms with E-state index in [0.29, 0.717) is 6.04 Å². The van der Waals surface area contributed by atoms with Crippen LogP contribution in [0.15, 0.2) is 24.3 Å². The van der Waals surface area contributed by atoms with Crippen LogP contribution in [0.25, 0.3) is 0 Å². The summed E-state index contributed by atoms with van der Waals surface area (Å²) in [5.41, 5.74) is 1.11. The van der Waals surface area contributed by atoms with Crippen LogP contribution in [0, 0.1) is 17.7 Å². The van der Waals surface area contributed by atoms with Crippen molar-refractivity contribution in [2.24, 2.45) is 11.8 Å². The lowest BCUT2D eigenvalue weighted by atomic mass is 9.76. The Kier molecular flexibility index (Phi) is 5.38. The predicted molar refractivity (Wildman–Crippen MR) is 78.7 cm³/mol. The van der Waals surface area contributed by atoms with Crippen LogP contribution in [0.4, 0.5) is 4.39 Å². The quantitative estimate of drug-likeness (QED) is 0.840. The fourth-order valence-corrected chi connectivity index (χ4v) is 3.42. The molecule has 0 spiro atoms. The molecule has 1 saturated carbocycles. The van der Waals surface area contributed by atoms with Gasteiger partial charge in [0.1, 0.15) is 5.82 Å². The molecule has 1 aromatic rings. The number of nitrogens with one attached hydrogen (secondary N) is 1. The molecule has 0 aromatic heterocycles. The molecule has 0 saturated heterocycles. The summed E-state index contributed by atoms with van der Waals surface area (Å²) < 4.78 is 13.2. The van der Waals surface area contributed by atoms with Gasteiger partial charge >= 0.3 is 0 Å². The molecular formula is C17H26FN. The van der Waals surface area contributed by atoms with Gasteiger partial charge in [0, 0.05) is 6.04 Å². The lowest BCUT2D eigenvalue weighted by molar-refractivity contribution is 0.222. The molecule has 1 fully saturated rings. The molecule has 0 bridgehead atoms. The molecule has 1 aliphatic carbocycles. The summed E-state index contributed by atoms with van der Waals surface area (Å²) in [5, 5.41) is 3.45. The van der Waals surface area contributed by atoms with E-state index >= 15 is 0 Å². The maximum Gasteiger partial charge on any atom is 0.123 e. The lowest BCUT2D eigenvalue weighted by Crippen LogP contribution is -2.37. The van der Waals surface area contributed by atoms with E-state index in [0.717, 1.165) is 23.8 Å². The van der Waals surface area contributed by atoms with Gasteiger partial charge in [0.05, 0.1) is 0 Å². The second-order valence-corrected chi connectivity index (χ2v) is 5.92. The molecule has 1 aliphatic rings. The average molecular weight is 263 g/mol. The summed E-state index contributed by atoms with van der Waals surface area (Å²) >= 11 is 0. The van der Waals surface area contributed by atoms with Crippen LogP contribution in [0.3, 0.4) is 0 Å². The third kappa shape index (κ3) is 4.04. The molecule has 2 rings (SSSR count). The topological polar surface area (TPSA) is 12.0 Å². The maximum absolute atomic E-state index is 13.2. The minimum Gasteiger partial charge on any atom is -0.316 e. The molecule has 106 valence electrons. The van der Waals surface area contributed by atoms with Crippen molar-refractivity contribution >= 4 is 0 Å². The molecule has 1 N–H and O–H groups in total. The van der Waals surface area contributed by atoms with Crippen molar-refractivity contribution in [3.05, 3.63) is 35.6 Å². The zero-order valence-corrected chi connectivity index (χ0v) is 12.2. The van der Waals surface area contributed by atoms with Crippen molar-refractivity contribution in [1.29, 1.82) is 0 Å². The number of hydrogen-bond donors (Lipinski definition) is 1. The van der Waals surface area contributed by atoms with E-state index in [1.54, 1.807) is 6.07 Å². The van der Waals surface area contributed by atoms with Gasteiger partial charge < -0.3 is 5.32 Å². The van der Waals surface area contributed by atoms with Gasteiger partial charge in [-0.05, 0) is 55.8 Å². The Labute approximate surface area is 116 Å². The first-order chi connectivity index (χ1) is 9.22. The Morgan fingerprint density at radius 3 is 2.58 bits per heavy atom. The van der Waals surface area contributed by atoms with Gasteiger partial charge in [0.2, 0.25) is 0 Å². The van der Waals surface area contributed by atoms with Gasteiger partial charge in [-0.15, -0.1) is 0 Å². The van der Waals surface area contributed by atoms with Crippen LogP contribution in [0.5, 0.6) is 0 Å². The molecular weight excluding hydrogens is 237 g/mol. The van der Waals surface area contributed by atoms with Crippen LogP contribution in [0.1, 0.15) is 44.6 Å². The van der Waals surface area contributed by atoms with Gasteiger partial charge in [0.25, 0.3) is 0 Å². The number of likely N-dealkylation sites (N-methyl/N-ethyl adjacent to an activating group) is 1. The Morgan fingerprint density at radius 2 is 2.00 bits per heavy atom. The molecule has 0 aliphatic heterocycles. The average Bonchev–Trinajstić information content (AvgIpc) is 2.45. The van der Waals surface area contributed by atoms with Crippen LogP contribution >= 0.6 is 0 Å². The van der Waals surface area contributed by atoms with Crippen LogP contribution in [0.2, 0.25) is 0 Å². The fraction of sp³-hybridized carbons (Fsp3) is 0.647. The normalized spacial score (nSPS) is 25.2. The highest BCUT2D eigenvalue weighted by Gasteiger charge is 2.26. The minimum atomic E-state index is -0.123. The third-order valence-corrected chi connectivity index (χ3v) is 4.75. The molecule has 1 atom stereocenters. The molecule has 0 amide bonds. The van der Waals surface area contributed by atoms with Gasteiger partial charge in [0.15, 0.2) is 0 Å². The fourth-order valence-electron chi connectivity index (χ4n) is 3.42. The molecule has 1 unspecified atom stereocenters. The first kappa shape index (κ1) is 14.5. The van der Waals surface area contributed by atoms with E-state index in [1.807, 2.05) is 19.2 Å². The Hall–Kier alpha value is -0.890. The lowest BCUT2D eigenvalue weighted by Gasteiger charge is -2.33. The van der Waals surface area contributed by atoms with E-state index < -0.39 is 0 Å². The summed E-state index contributed by atoms with van der Waals surface area (Å²) in [6, 6.07) is 7.52. The second-order valence-electron chi connectivity index (χ2n) is 5.92. The number of benzene rings is 1. The third-order valence-electron chi connectivity index (χ3n) is 4.75. The van der Waals surface area contributed by atoms with Crippen molar-refractivity contribution in [1.82, 2.24) is 5.32 Å². The zero-order valence-electron chi connectivity index (χ0n) is 12.2. The van der Waals surface area contributed by atoms with E-state index in [1.165, 1.54) is 38.2 Å². The van der Waals surface area contributed by atoms with Crippen molar-refractivity contribution in [3.63, 3.8) is 0 Å². The summed E-state index contributed by atoms with van der Waals surface area (Å²) in [6.45, 7) is 2.30. The monoisotopic (exact) mass is 263 g/mol.